The molecule has 0 aliphatic heterocycles. The lowest BCUT2D eigenvalue weighted by Gasteiger charge is -2.21. The third kappa shape index (κ3) is 7.08. The number of nitrogens with one attached hydrogen (secondary N) is 2. The molecule has 1 aliphatic rings. The van der Waals surface area contributed by atoms with Crippen LogP contribution in [0.2, 0.25) is 0 Å². The van der Waals surface area contributed by atoms with Crippen LogP contribution in [0.1, 0.15) is 37.7 Å². The van der Waals surface area contributed by atoms with Crippen LogP contribution in [0.25, 0.3) is 0 Å². The number of hydrogen-bond donors (Lipinski definition) is 2. The zero-order chi connectivity index (χ0) is 16.5. The Morgan fingerprint density at radius 3 is 2.61 bits per heavy atom. The summed E-state index contributed by atoms with van der Waals surface area (Å²) in [7, 11) is 0. The second kappa shape index (κ2) is 9.60. The van der Waals surface area contributed by atoms with Crippen molar-refractivity contribution in [2.75, 3.05) is 23.4 Å². The molecule has 0 unspecified atom stereocenters. The van der Waals surface area contributed by atoms with E-state index in [0.29, 0.717) is 17.4 Å². The van der Waals surface area contributed by atoms with Crippen molar-refractivity contribution >= 4 is 29.3 Å². The van der Waals surface area contributed by atoms with Gasteiger partial charge in [-0.3, -0.25) is 9.59 Å². The van der Waals surface area contributed by atoms with Crippen molar-refractivity contribution in [3.8, 4) is 0 Å². The number of carbonyl (C=O) groups is 2. The van der Waals surface area contributed by atoms with E-state index in [9.17, 15) is 9.59 Å². The first-order chi connectivity index (χ1) is 11.1. The number of hydrogen-bond acceptors (Lipinski definition) is 3. The fraction of sp³-hybridized carbons (Fsp3) is 0.556. The molecular formula is C18H26N2O2S. The minimum atomic E-state index is -0.0688. The van der Waals surface area contributed by atoms with E-state index < -0.39 is 0 Å². The van der Waals surface area contributed by atoms with E-state index in [-0.39, 0.29) is 11.8 Å². The van der Waals surface area contributed by atoms with Crippen molar-refractivity contribution in [2.45, 2.75) is 39.0 Å². The Balaban J connectivity index is 1.58. The summed E-state index contributed by atoms with van der Waals surface area (Å²) in [5.74, 6) is 1.24. The largest absolute Gasteiger partial charge is 0.355 e. The lowest BCUT2D eigenvalue weighted by atomic mass is 9.89. The van der Waals surface area contributed by atoms with Crippen LogP contribution in [0.15, 0.2) is 24.3 Å². The van der Waals surface area contributed by atoms with Crippen molar-refractivity contribution in [3.63, 3.8) is 0 Å². The summed E-state index contributed by atoms with van der Waals surface area (Å²) >= 11 is 1.36. The van der Waals surface area contributed by atoms with E-state index in [1.165, 1.54) is 43.9 Å². The molecule has 1 aliphatic carbocycles. The fourth-order valence-electron chi connectivity index (χ4n) is 2.86. The maximum absolute atomic E-state index is 11.8. The lowest BCUT2D eigenvalue weighted by molar-refractivity contribution is -0.118. The molecule has 2 amide bonds. The van der Waals surface area contributed by atoms with E-state index in [2.05, 4.69) is 10.6 Å². The highest BCUT2D eigenvalue weighted by Gasteiger charge is 2.14. The Morgan fingerprint density at radius 1 is 1.13 bits per heavy atom. The van der Waals surface area contributed by atoms with Gasteiger partial charge in [0.05, 0.1) is 11.5 Å². The quantitative estimate of drug-likeness (QED) is 0.804. The molecule has 2 N–H and O–H groups in total. The maximum atomic E-state index is 11.8. The SMILES string of the molecule is Cc1cccc(NC(=O)CSCC(=O)NCC2CCCCC2)c1. The third-order valence-corrected chi connectivity index (χ3v) is 5.01. The van der Waals surface area contributed by atoms with Crippen LogP contribution in [-0.2, 0) is 9.59 Å². The molecule has 4 nitrogen and oxygen atoms in total. The molecular weight excluding hydrogens is 308 g/mol. The van der Waals surface area contributed by atoms with Crippen molar-refractivity contribution in [2.24, 2.45) is 5.92 Å². The average molecular weight is 334 g/mol. The standard InChI is InChI=1S/C18H26N2O2S/c1-14-6-5-9-16(10-14)20-18(22)13-23-12-17(21)19-11-15-7-3-2-4-8-15/h5-6,9-10,15H,2-4,7-8,11-13H2,1H3,(H,19,21)(H,20,22). The second-order valence-corrected chi connectivity index (χ2v) is 7.20. The molecule has 0 bridgehead atoms. The molecule has 0 saturated heterocycles. The first kappa shape index (κ1) is 17.9. The smallest absolute Gasteiger partial charge is 0.234 e. The topological polar surface area (TPSA) is 58.2 Å². The van der Waals surface area contributed by atoms with Gasteiger partial charge in [0.25, 0.3) is 0 Å². The molecule has 126 valence electrons. The van der Waals surface area contributed by atoms with Crippen molar-refractivity contribution in [1.29, 1.82) is 0 Å². The zero-order valence-corrected chi connectivity index (χ0v) is 14.6. The summed E-state index contributed by atoms with van der Waals surface area (Å²) in [6, 6.07) is 7.70. The summed E-state index contributed by atoms with van der Waals surface area (Å²) in [5.41, 5.74) is 1.91. The molecule has 0 aromatic heterocycles. The van der Waals surface area contributed by atoms with Crippen LogP contribution in [-0.4, -0.2) is 29.9 Å². The van der Waals surface area contributed by atoms with Gasteiger partial charge in [-0.15, -0.1) is 11.8 Å². The second-order valence-electron chi connectivity index (χ2n) is 6.22. The Bertz CT molecular complexity index is 528. The molecule has 1 aromatic rings. The highest BCUT2D eigenvalue weighted by molar-refractivity contribution is 8.00. The van der Waals surface area contributed by atoms with E-state index in [1.54, 1.807) is 0 Å². The van der Waals surface area contributed by atoms with Gasteiger partial charge in [-0.2, -0.15) is 0 Å². The van der Waals surface area contributed by atoms with Gasteiger partial charge in [0.15, 0.2) is 0 Å². The minimum Gasteiger partial charge on any atom is -0.355 e. The number of carbonyl (C=O) groups excluding carboxylic acids is 2. The van der Waals surface area contributed by atoms with Gasteiger partial charge in [-0.25, -0.2) is 0 Å². The highest BCUT2D eigenvalue weighted by Crippen LogP contribution is 2.22. The van der Waals surface area contributed by atoms with Gasteiger partial charge >= 0.3 is 0 Å². The summed E-state index contributed by atoms with van der Waals surface area (Å²) in [4.78, 5) is 23.7. The van der Waals surface area contributed by atoms with Crippen molar-refractivity contribution in [3.05, 3.63) is 29.8 Å². The monoisotopic (exact) mass is 334 g/mol. The van der Waals surface area contributed by atoms with Crippen LogP contribution < -0.4 is 10.6 Å². The molecule has 2 rings (SSSR count). The minimum absolute atomic E-state index is 0.0314. The molecule has 1 fully saturated rings. The third-order valence-electron chi connectivity index (χ3n) is 4.08. The lowest BCUT2D eigenvalue weighted by Crippen LogP contribution is -2.31. The molecule has 0 atom stereocenters. The molecule has 5 heteroatoms. The van der Waals surface area contributed by atoms with Crippen LogP contribution >= 0.6 is 11.8 Å². The van der Waals surface area contributed by atoms with E-state index in [0.717, 1.165) is 17.8 Å². The zero-order valence-electron chi connectivity index (χ0n) is 13.8. The van der Waals surface area contributed by atoms with Crippen LogP contribution in [0, 0.1) is 12.8 Å². The Kier molecular flexibility index (Phi) is 7.46. The van der Waals surface area contributed by atoms with E-state index in [4.69, 9.17) is 0 Å². The van der Waals surface area contributed by atoms with Gasteiger partial charge in [0.2, 0.25) is 11.8 Å². The van der Waals surface area contributed by atoms with Crippen molar-refractivity contribution in [1.82, 2.24) is 5.32 Å². The van der Waals surface area contributed by atoms with Crippen LogP contribution in [0.5, 0.6) is 0 Å². The summed E-state index contributed by atoms with van der Waals surface area (Å²) in [6.07, 6.45) is 6.36. The molecule has 1 aromatic carbocycles. The molecule has 23 heavy (non-hydrogen) atoms. The van der Waals surface area contributed by atoms with Gasteiger partial charge in [0.1, 0.15) is 0 Å². The molecule has 0 radical (unpaired) electrons. The molecule has 0 spiro atoms. The Hall–Kier alpha value is -1.49. The summed E-state index contributed by atoms with van der Waals surface area (Å²) < 4.78 is 0. The van der Waals surface area contributed by atoms with Gasteiger partial charge in [0, 0.05) is 12.2 Å². The van der Waals surface area contributed by atoms with Gasteiger partial charge in [-0.05, 0) is 43.4 Å². The van der Waals surface area contributed by atoms with Gasteiger partial charge < -0.3 is 10.6 Å². The number of amides is 2. The first-order valence-electron chi connectivity index (χ1n) is 8.34. The number of thioether (sulfide) groups is 1. The van der Waals surface area contributed by atoms with Crippen LogP contribution in [0.3, 0.4) is 0 Å². The normalized spacial score (nSPS) is 15.2. The molecule has 0 heterocycles. The van der Waals surface area contributed by atoms with Crippen molar-refractivity contribution < 1.29 is 9.59 Å². The number of rotatable bonds is 7. The Labute approximate surface area is 142 Å². The van der Waals surface area contributed by atoms with E-state index >= 15 is 0 Å². The summed E-state index contributed by atoms with van der Waals surface area (Å²) in [5, 5.41) is 5.84. The van der Waals surface area contributed by atoms with Crippen LogP contribution in [0.4, 0.5) is 5.69 Å². The number of benzene rings is 1. The number of aryl methyl sites for hydroxylation is 1. The van der Waals surface area contributed by atoms with E-state index in [1.807, 2.05) is 31.2 Å². The fourth-order valence-corrected chi connectivity index (χ4v) is 3.50. The highest BCUT2D eigenvalue weighted by atomic mass is 32.2. The molecule has 1 saturated carbocycles. The predicted octanol–water partition coefficient (Wildman–Crippen LogP) is 3.36. The number of anilines is 1. The Morgan fingerprint density at radius 2 is 1.87 bits per heavy atom. The first-order valence-corrected chi connectivity index (χ1v) is 9.50. The van der Waals surface area contributed by atoms with Gasteiger partial charge in [-0.1, -0.05) is 31.4 Å². The maximum Gasteiger partial charge on any atom is 0.234 e. The summed E-state index contributed by atoms with van der Waals surface area (Å²) in [6.45, 7) is 2.77. The predicted molar refractivity (Wildman–Crippen MR) is 96.7 cm³/mol. The average Bonchev–Trinajstić information content (AvgIpc) is 2.54.